The maximum atomic E-state index is 4.61. The Labute approximate surface area is 142 Å². The molecular formula is C19H10BN5. The Kier molecular flexibility index (Phi) is 1.83. The van der Waals surface area contributed by atoms with E-state index in [4.69, 9.17) is 0 Å². The predicted molar refractivity (Wildman–Crippen MR) is 98.1 cm³/mol. The smallest absolute Gasteiger partial charge is 0.252 e. The number of rotatable bonds is 0. The van der Waals surface area contributed by atoms with Crippen molar-refractivity contribution >= 4 is 45.2 Å². The van der Waals surface area contributed by atoms with Crippen LogP contribution in [0.3, 0.4) is 0 Å². The van der Waals surface area contributed by atoms with Crippen LogP contribution in [0.25, 0.3) is 33.4 Å². The molecular weight excluding hydrogens is 309 g/mol. The molecule has 0 aliphatic carbocycles. The summed E-state index contributed by atoms with van der Waals surface area (Å²) in [6.45, 7) is 0.189. The van der Waals surface area contributed by atoms with Gasteiger partial charge in [0.05, 0.1) is 45.8 Å². The third-order valence-electron chi connectivity index (χ3n) is 5.57. The quantitative estimate of drug-likeness (QED) is 0.390. The van der Waals surface area contributed by atoms with E-state index in [9.17, 15) is 0 Å². The van der Waals surface area contributed by atoms with Gasteiger partial charge in [0.15, 0.2) is 0 Å². The second-order valence-electron chi connectivity index (χ2n) is 6.68. The molecule has 0 N–H and O–H groups in total. The molecule has 0 amide bonds. The van der Waals surface area contributed by atoms with Crippen LogP contribution in [0, 0.1) is 0 Å². The first kappa shape index (κ1) is 12.0. The molecule has 0 radical (unpaired) electrons. The molecule has 0 fully saturated rings. The van der Waals surface area contributed by atoms with Crippen LogP contribution in [-0.2, 0) is 0 Å². The van der Waals surface area contributed by atoms with Crippen LogP contribution in [0.5, 0.6) is 0 Å². The first-order valence-corrected chi connectivity index (χ1v) is 8.32. The summed E-state index contributed by atoms with van der Waals surface area (Å²) < 4.78 is 4.35. The fourth-order valence-corrected chi connectivity index (χ4v) is 4.62. The number of nitrogens with zero attached hydrogens (tertiary/aromatic N) is 5. The first-order valence-electron chi connectivity index (χ1n) is 8.32. The Balaban J connectivity index is 1.79. The van der Waals surface area contributed by atoms with Gasteiger partial charge >= 0.3 is 0 Å². The number of pyridine rings is 1. The number of para-hydroxylation sites is 2. The molecule has 0 unspecified atom stereocenters. The lowest BCUT2D eigenvalue weighted by Gasteiger charge is -2.31. The highest BCUT2D eigenvalue weighted by Crippen LogP contribution is 2.27. The first-order chi connectivity index (χ1) is 12.4. The minimum atomic E-state index is 0.189. The minimum Gasteiger partial charge on any atom is -0.298 e. The normalized spacial score (nSPS) is 13.5. The molecule has 0 atom stereocenters. The van der Waals surface area contributed by atoms with Gasteiger partial charge < -0.3 is 0 Å². The third kappa shape index (κ3) is 1.21. The van der Waals surface area contributed by atoms with Crippen LogP contribution in [0.1, 0.15) is 0 Å². The molecule has 25 heavy (non-hydrogen) atoms. The Hall–Kier alpha value is -3.41. The number of benzene rings is 2. The molecule has 5 heterocycles. The van der Waals surface area contributed by atoms with Gasteiger partial charge in [-0.15, -0.1) is 0 Å². The van der Waals surface area contributed by atoms with Crippen molar-refractivity contribution in [2.24, 2.45) is 0 Å². The zero-order chi connectivity index (χ0) is 16.1. The lowest BCUT2D eigenvalue weighted by molar-refractivity contribution is 1.04. The van der Waals surface area contributed by atoms with Crippen LogP contribution in [0.15, 0.2) is 61.4 Å². The summed E-state index contributed by atoms with van der Waals surface area (Å²) in [6.07, 6.45) is 7.72. The topological polar surface area (TPSA) is 48.5 Å². The fourth-order valence-electron chi connectivity index (χ4n) is 4.62. The molecule has 6 heteroatoms. The Morgan fingerprint density at radius 3 is 1.84 bits per heavy atom. The van der Waals surface area contributed by atoms with E-state index >= 15 is 0 Å². The average Bonchev–Trinajstić information content (AvgIpc) is 3.28. The summed E-state index contributed by atoms with van der Waals surface area (Å²) in [4.78, 5) is 13.7. The predicted octanol–water partition coefficient (Wildman–Crippen LogP) is 0.902. The summed E-state index contributed by atoms with van der Waals surface area (Å²) in [5, 5.41) is 0. The van der Waals surface area contributed by atoms with E-state index in [1.165, 1.54) is 27.4 Å². The van der Waals surface area contributed by atoms with Crippen LogP contribution < -0.4 is 16.4 Å². The number of fused-ring (bicyclic) bond motifs is 4. The lowest BCUT2D eigenvalue weighted by atomic mass is 9.34. The lowest BCUT2D eigenvalue weighted by Crippen LogP contribution is -2.59. The Morgan fingerprint density at radius 2 is 1.28 bits per heavy atom. The van der Waals surface area contributed by atoms with Crippen molar-refractivity contribution in [3.63, 3.8) is 0 Å². The van der Waals surface area contributed by atoms with Gasteiger partial charge in [-0.05, 0) is 28.5 Å². The van der Waals surface area contributed by atoms with E-state index in [2.05, 4.69) is 60.5 Å². The molecule has 0 saturated heterocycles. The van der Waals surface area contributed by atoms with Gasteiger partial charge in [0.1, 0.15) is 12.7 Å². The highest BCUT2D eigenvalue weighted by atomic mass is 15.1. The third-order valence-corrected chi connectivity index (χ3v) is 5.57. The fraction of sp³-hybridized carbons (Fsp3) is 0. The van der Waals surface area contributed by atoms with Crippen molar-refractivity contribution in [1.29, 1.82) is 0 Å². The number of hydrogen-bond acceptors (Lipinski definition) is 3. The van der Waals surface area contributed by atoms with Gasteiger partial charge in [0.2, 0.25) is 0 Å². The van der Waals surface area contributed by atoms with Crippen molar-refractivity contribution in [3.05, 3.63) is 61.4 Å². The molecule has 0 saturated carbocycles. The standard InChI is InChI=1S/C19H10BN5/c1-3-11-18-13(5-1)22-9-24(18)15-7-21-8-16-17(15)20(11)12-4-2-6-14-19(12)25(16)10-23-14/h1-10H. The van der Waals surface area contributed by atoms with Gasteiger partial charge in [-0.1, -0.05) is 24.3 Å². The highest BCUT2D eigenvalue weighted by Gasteiger charge is 2.39. The summed E-state index contributed by atoms with van der Waals surface area (Å²) in [6, 6.07) is 12.8. The van der Waals surface area contributed by atoms with E-state index in [0.717, 1.165) is 22.4 Å². The van der Waals surface area contributed by atoms with E-state index < -0.39 is 0 Å². The number of hydrogen-bond donors (Lipinski definition) is 0. The maximum Gasteiger partial charge on any atom is 0.252 e. The van der Waals surface area contributed by atoms with Crippen LogP contribution >= 0.6 is 0 Å². The van der Waals surface area contributed by atoms with Crippen LogP contribution in [0.4, 0.5) is 0 Å². The van der Waals surface area contributed by atoms with E-state index in [1.807, 2.05) is 25.0 Å². The van der Waals surface area contributed by atoms with Crippen molar-refractivity contribution in [2.75, 3.05) is 0 Å². The molecule has 114 valence electrons. The van der Waals surface area contributed by atoms with Gasteiger partial charge in [-0.2, -0.15) is 0 Å². The zero-order valence-corrected chi connectivity index (χ0v) is 13.1. The van der Waals surface area contributed by atoms with Crippen molar-refractivity contribution in [3.8, 4) is 11.4 Å². The van der Waals surface area contributed by atoms with Gasteiger partial charge in [-0.3, -0.25) is 14.1 Å². The monoisotopic (exact) mass is 319 g/mol. The molecule has 7 rings (SSSR count). The SMILES string of the molecule is c1cc2c3c(c1)ncn3-c1cncc3c1B2c1cccc2ncn-3c12. The molecule has 0 spiro atoms. The number of aromatic nitrogens is 5. The second kappa shape index (κ2) is 3.80. The average molecular weight is 319 g/mol. The maximum absolute atomic E-state index is 4.61. The van der Waals surface area contributed by atoms with Gasteiger partial charge in [-0.25, -0.2) is 9.97 Å². The zero-order valence-electron chi connectivity index (χ0n) is 13.1. The minimum absolute atomic E-state index is 0.189. The Bertz CT molecular complexity index is 1260. The largest absolute Gasteiger partial charge is 0.298 e. The Morgan fingerprint density at radius 1 is 0.720 bits per heavy atom. The second-order valence-corrected chi connectivity index (χ2v) is 6.68. The van der Waals surface area contributed by atoms with Crippen molar-refractivity contribution in [2.45, 2.75) is 0 Å². The van der Waals surface area contributed by atoms with E-state index in [1.54, 1.807) is 0 Å². The summed E-state index contributed by atoms with van der Waals surface area (Å²) >= 11 is 0. The number of imidazole rings is 2. The summed E-state index contributed by atoms with van der Waals surface area (Å²) in [7, 11) is 0. The molecule has 2 aromatic carbocycles. The van der Waals surface area contributed by atoms with Crippen molar-refractivity contribution < 1.29 is 0 Å². The van der Waals surface area contributed by atoms with Crippen LogP contribution in [0.2, 0.25) is 0 Å². The van der Waals surface area contributed by atoms with E-state index in [-0.39, 0.29) is 6.71 Å². The van der Waals surface area contributed by atoms with Crippen molar-refractivity contribution in [1.82, 2.24) is 24.1 Å². The summed E-state index contributed by atoms with van der Waals surface area (Å²) in [5.41, 5.74) is 10.5. The van der Waals surface area contributed by atoms with Crippen LogP contribution in [-0.4, -0.2) is 30.8 Å². The van der Waals surface area contributed by atoms with Gasteiger partial charge in [0.25, 0.3) is 6.71 Å². The van der Waals surface area contributed by atoms with E-state index in [0.29, 0.717) is 0 Å². The molecule has 3 aromatic heterocycles. The molecule has 5 nitrogen and oxygen atoms in total. The molecule has 2 aliphatic heterocycles. The molecule has 5 aromatic rings. The molecule has 2 aliphatic rings. The van der Waals surface area contributed by atoms with Gasteiger partial charge in [0, 0.05) is 0 Å². The highest BCUT2D eigenvalue weighted by molar-refractivity contribution is 7.00. The molecule has 0 bridgehead atoms. The summed E-state index contributed by atoms with van der Waals surface area (Å²) in [5.74, 6) is 0.